The van der Waals surface area contributed by atoms with Crippen molar-refractivity contribution in [1.82, 2.24) is 39.8 Å². The quantitative estimate of drug-likeness (QED) is 0.150. The number of ether oxygens (including phenoxy) is 1. The van der Waals surface area contributed by atoms with E-state index in [1.165, 1.54) is 9.80 Å². The maximum atomic E-state index is 12.5. The minimum atomic E-state index is -0.217. The number of hydrogen-bond donors (Lipinski definition) is 0. The van der Waals surface area contributed by atoms with Crippen molar-refractivity contribution in [2.24, 2.45) is 0 Å². The highest BCUT2D eigenvalue weighted by molar-refractivity contribution is 6.22. The lowest BCUT2D eigenvalue weighted by Gasteiger charge is -2.13. The molecule has 1 fully saturated rings. The molecule has 242 valence electrons. The fourth-order valence-electron chi connectivity index (χ4n) is 6.59. The highest BCUT2D eigenvalue weighted by Crippen LogP contribution is 2.25. The van der Waals surface area contributed by atoms with Crippen LogP contribution in [0.15, 0.2) is 60.9 Å². The minimum absolute atomic E-state index is 0.0357. The van der Waals surface area contributed by atoms with E-state index in [4.69, 9.17) is 4.74 Å². The molecule has 0 bridgehead atoms. The van der Waals surface area contributed by atoms with Gasteiger partial charge >= 0.3 is 0 Å². The second kappa shape index (κ2) is 13.4. The van der Waals surface area contributed by atoms with Crippen LogP contribution in [0.2, 0.25) is 0 Å². The molecule has 4 amide bonds. The van der Waals surface area contributed by atoms with Crippen LogP contribution in [0, 0.1) is 0 Å². The van der Waals surface area contributed by atoms with Crippen LogP contribution < -0.4 is 0 Å². The fraction of sp³-hybridized carbons (Fsp3) is 0.412. The van der Waals surface area contributed by atoms with E-state index in [0.29, 0.717) is 74.1 Å². The molecular formula is C34H36N8O5. The van der Waals surface area contributed by atoms with Gasteiger partial charge in [0.05, 0.1) is 58.9 Å². The third-order valence-corrected chi connectivity index (χ3v) is 9.03. The zero-order valence-electron chi connectivity index (χ0n) is 26.0. The van der Waals surface area contributed by atoms with Gasteiger partial charge in [-0.3, -0.25) is 29.0 Å². The van der Waals surface area contributed by atoms with Gasteiger partial charge in [0.15, 0.2) is 0 Å². The number of fused-ring (bicyclic) bond motifs is 2. The number of unbranched alkanes of at least 4 members (excludes halogenated alkanes) is 2. The Kier molecular flexibility index (Phi) is 8.70. The van der Waals surface area contributed by atoms with Crippen LogP contribution in [0.1, 0.15) is 91.3 Å². The molecule has 0 N–H and O–H groups in total. The summed E-state index contributed by atoms with van der Waals surface area (Å²) in [6, 6.07) is 13.9. The topological polar surface area (TPSA) is 145 Å². The number of carbonyl (C=O) groups is 4. The van der Waals surface area contributed by atoms with Crippen molar-refractivity contribution in [2.45, 2.75) is 76.7 Å². The summed E-state index contributed by atoms with van der Waals surface area (Å²) in [5.74, 6) is -0.869. The molecule has 0 saturated carbocycles. The average molecular weight is 637 g/mol. The first-order chi connectivity index (χ1) is 22.9. The Balaban J connectivity index is 0.791. The maximum absolute atomic E-state index is 12.5. The van der Waals surface area contributed by atoms with Gasteiger partial charge < -0.3 is 4.74 Å². The number of aryl methyl sites for hydroxylation is 2. The Bertz CT molecular complexity index is 1610. The van der Waals surface area contributed by atoms with Gasteiger partial charge in [0.25, 0.3) is 23.6 Å². The SMILES string of the molecule is O=C1c2ccccc2C(=O)N1CCCCc1cn(C[C@H]2CC[C@H](Cn3cc(CCCCN4C(=O)c5ccccc5C4=O)nn3)O2)nn1. The van der Waals surface area contributed by atoms with Crippen molar-refractivity contribution in [3.8, 4) is 0 Å². The van der Waals surface area contributed by atoms with E-state index in [9.17, 15) is 19.2 Å². The molecule has 0 radical (unpaired) electrons. The third-order valence-electron chi connectivity index (χ3n) is 9.03. The first-order valence-corrected chi connectivity index (χ1v) is 16.3. The maximum Gasteiger partial charge on any atom is 0.261 e. The molecule has 4 aromatic rings. The van der Waals surface area contributed by atoms with Crippen LogP contribution in [0.5, 0.6) is 0 Å². The van der Waals surface area contributed by atoms with Crippen molar-refractivity contribution in [3.05, 3.63) is 94.6 Å². The molecule has 2 atom stereocenters. The van der Waals surface area contributed by atoms with Gasteiger partial charge in [-0.25, -0.2) is 9.36 Å². The number of hydrogen-bond acceptors (Lipinski definition) is 9. The molecule has 2 aromatic heterocycles. The predicted molar refractivity (Wildman–Crippen MR) is 167 cm³/mol. The number of nitrogens with zero attached hydrogens (tertiary/aromatic N) is 8. The first-order valence-electron chi connectivity index (χ1n) is 16.3. The van der Waals surface area contributed by atoms with Crippen LogP contribution in [-0.2, 0) is 30.7 Å². The van der Waals surface area contributed by atoms with E-state index >= 15 is 0 Å². The molecule has 13 nitrogen and oxygen atoms in total. The summed E-state index contributed by atoms with van der Waals surface area (Å²) in [7, 11) is 0. The van der Waals surface area contributed by atoms with E-state index in [2.05, 4.69) is 20.6 Å². The molecule has 0 unspecified atom stereocenters. The summed E-state index contributed by atoms with van der Waals surface area (Å²) in [5.41, 5.74) is 3.68. The summed E-state index contributed by atoms with van der Waals surface area (Å²) >= 11 is 0. The molecular weight excluding hydrogens is 600 g/mol. The Labute approximate surface area is 271 Å². The number of rotatable bonds is 14. The normalized spacial score (nSPS) is 18.9. The van der Waals surface area contributed by atoms with Crippen molar-refractivity contribution in [3.63, 3.8) is 0 Å². The standard InChI is InChI=1S/C34H36N8O5/c43-31-27-11-1-2-12-28(27)32(44)41(31)17-7-5-9-23-19-39(37-35-23)21-25-15-16-26(47-25)22-40-20-24(36-38-40)10-6-8-18-42-33(45)29-13-3-4-14-30(29)34(42)46/h1-4,11-14,19-20,25-26H,5-10,15-18,21-22H2/t25-,26-/m1/s1. The second-order valence-corrected chi connectivity index (χ2v) is 12.4. The molecule has 2 aromatic carbocycles. The highest BCUT2D eigenvalue weighted by atomic mass is 16.5. The fourth-order valence-corrected chi connectivity index (χ4v) is 6.59. The molecule has 0 aliphatic carbocycles. The van der Waals surface area contributed by atoms with Crippen molar-refractivity contribution in [1.29, 1.82) is 0 Å². The second-order valence-electron chi connectivity index (χ2n) is 12.4. The Hall–Kier alpha value is -5.04. The molecule has 3 aliphatic rings. The van der Waals surface area contributed by atoms with E-state index in [0.717, 1.165) is 37.1 Å². The lowest BCUT2D eigenvalue weighted by atomic mass is 10.1. The van der Waals surface area contributed by atoms with Crippen molar-refractivity contribution >= 4 is 23.6 Å². The average Bonchev–Trinajstić information content (AvgIpc) is 3.91. The van der Waals surface area contributed by atoms with Gasteiger partial charge in [-0.2, -0.15) is 0 Å². The summed E-state index contributed by atoms with van der Waals surface area (Å²) in [6.07, 6.45) is 10.2. The minimum Gasteiger partial charge on any atom is -0.371 e. The summed E-state index contributed by atoms with van der Waals surface area (Å²) in [4.78, 5) is 52.8. The van der Waals surface area contributed by atoms with E-state index in [1.54, 1.807) is 48.5 Å². The smallest absolute Gasteiger partial charge is 0.261 e. The van der Waals surface area contributed by atoms with Crippen LogP contribution in [0.3, 0.4) is 0 Å². The number of imide groups is 2. The van der Waals surface area contributed by atoms with Gasteiger partial charge in [-0.05, 0) is 75.6 Å². The third kappa shape index (κ3) is 6.48. The number of aromatic nitrogens is 6. The highest BCUT2D eigenvalue weighted by Gasteiger charge is 2.35. The number of amides is 4. The number of benzene rings is 2. The zero-order chi connectivity index (χ0) is 32.3. The summed E-state index contributed by atoms with van der Waals surface area (Å²) < 4.78 is 9.92. The van der Waals surface area contributed by atoms with Crippen LogP contribution in [0.25, 0.3) is 0 Å². The Morgan fingerprint density at radius 1 is 0.574 bits per heavy atom. The molecule has 47 heavy (non-hydrogen) atoms. The molecule has 5 heterocycles. The Morgan fingerprint density at radius 2 is 0.957 bits per heavy atom. The monoisotopic (exact) mass is 636 g/mol. The van der Waals surface area contributed by atoms with E-state index in [1.807, 2.05) is 21.8 Å². The van der Waals surface area contributed by atoms with Gasteiger partial charge in [0.1, 0.15) is 0 Å². The predicted octanol–water partition coefficient (Wildman–Crippen LogP) is 3.36. The van der Waals surface area contributed by atoms with Gasteiger partial charge in [0, 0.05) is 25.5 Å². The van der Waals surface area contributed by atoms with Crippen LogP contribution in [0.4, 0.5) is 0 Å². The molecule has 0 spiro atoms. The van der Waals surface area contributed by atoms with Gasteiger partial charge in [-0.15, -0.1) is 10.2 Å². The number of carbonyl (C=O) groups excluding carboxylic acids is 4. The molecule has 13 heteroatoms. The molecule has 1 saturated heterocycles. The summed E-state index contributed by atoms with van der Waals surface area (Å²) in [6.45, 7) is 2.02. The van der Waals surface area contributed by atoms with Crippen molar-refractivity contribution < 1.29 is 23.9 Å². The molecule has 3 aliphatic heterocycles. The van der Waals surface area contributed by atoms with Gasteiger partial charge in [-0.1, -0.05) is 34.7 Å². The zero-order valence-corrected chi connectivity index (χ0v) is 26.0. The van der Waals surface area contributed by atoms with Crippen LogP contribution in [-0.4, -0.2) is 88.7 Å². The van der Waals surface area contributed by atoms with Crippen LogP contribution >= 0.6 is 0 Å². The lowest BCUT2D eigenvalue weighted by Crippen LogP contribution is -2.30. The van der Waals surface area contributed by atoms with Gasteiger partial charge in [0.2, 0.25) is 0 Å². The largest absolute Gasteiger partial charge is 0.371 e. The molecule has 7 rings (SSSR count). The summed E-state index contributed by atoms with van der Waals surface area (Å²) in [5, 5.41) is 17.2. The van der Waals surface area contributed by atoms with E-state index < -0.39 is 0 Å². The van der Waals surface area contributed by atoms with Crippen molar-refractivity contribution in [2.75, 3.05) is 13.1 Å². The Morgan fingerprint density at radius 3 is 1.34 bits per heavy atom. The van der Waals surface area contributed by atoms with E-state index in [-0.39, 0.29) is 35.8 Å². The lowest BCUT2D eigenvalue weighted by molar-refractivity contribution is 0.0229. The first kappa shape index (κ1) is 30.6.